The van der Waals surface area contributed by atoms with Crippen molar-refractivity contribution in [2.24, 2.45) is 0 Å². The van der Waals surface area contributed by atoms with Gasteiger partial charge >= 0.3 is 0 Å². The molecule has 5 heteroatoms. The first-order valence-electron chi connectivity index (χ1n) is 9.14. The number of benzene rings is 3. The maximum atomic E-state index is 12.5. The quantitative estimate of drug-likeness (QED) is 0.637. The third kappa shape index (κ3) is 4.56. The number of fused-ring (bicyclic) bond motifs is 1. The van der Waals surface area contributed by atoms with Crippen LogP contribution in [0.15, 0.2) is 71.6 Å². The summed E-state index contributed by atoms with van der Waals surface area (Å²) in [5.41, 5.74) is 1.91. The van der Waals surface area contributed by atoms with Crippen molar-refractivity contribution < 1.29 is 13.5 Å². The summed E-state index contributed by atoms with van der Waals surface area (Å²) < 4.78 is 27.5. The van der Waals surface area contributed by atoms with E-state index in [9.17, 15) is 13.5 Å². The minimum absolute atomic E-state index is 0.165. The van der Waals surface area contributed by atoms with Gasteiger partial charge in [0.25, 0.3) is 0 Å². The Bertz CT molecular complexity index is 1010. The number of aliphatic hydroxyl groups is 1. The number of sulfonamides is 1. The molecule has 0 bridgehead atoms. The Morgan fingerprint density at radius 1 is 0.926 bits per heavy atom. The third-order valence-electron chi connectivity index (χ3n) is 4.75. The van der Waals surface area contributed by atoms with E-state index in [1.165, 1.54) is 0 Å². The molecule has 1 unspecified atom stereocenters. The molecule has 2 N–H and O–H groups in total. The molecule has 0 amide bonds. The Balaban J connectivity index is 1.66. The lowest BCUT2D eigenvalue weighted by molar-refractivity contribution is 0.170. The molecule has 0 aromatic heterocycles. The summed E-state index contributed by atoms with van der Waals surface area (Å²) in [6, 6.07) is 20.6. The van der Waals surface area contributed by atoms with Gasteiger partial charge in [0.1, 0.15) is 0 Å². The molecule has 0 fully saturated rings. The number of aliphatic hydroxyl groups excluding tert-OH is 1. The van der Waals surface area contributed by atoms with Crippen LogP contribution in [0.4, 0.5) is 0 Å². The van der Waals surface area contributed by atoms with E-state index in [1.807, 2.05) is 54.6 Å². The van der Waals surface area contributed by atoms with Crippen LogP contribution in [0.25, 0.3) is 10.8 Å². The molecular weight excluding hydrogens is 358 g/mol. The molecule has 0 saturated heterocycles. The Kier molecular flexibility index (Phi) is 5.95. The Labute approximate surface area is 160 Å². The molecule has 3 rings (SSSR count). The van der Waals surface area contributed by atoms with E-state index >= 15 is 0 Å². The van der Waals surface area contributed by atoms with Gasteiger partial charge < -0.3 is 5.11 Å². The van der Waals surface area contributed by atoms with Crippen molar-refractivity contribution >= 4 is 20.8 Å². The molecule has 3 aromatic rings. The normalized spacial score (nSPS) is 13.2. The van der Waals surface area contributed by atoms with Crippen molar-refractivity contribution in [2.45, 2.75) is 37.2 Å². The summed E-state index contributed by atoms with van der Waals surface area (Å²) in [6.45, 7) is 4.30. The molecule has 0 aliphatic carbocycles. The average Bonchev–Trinajstić information content (AvgIpc) is 2.67. The number of rotatable bonds is 7. The van der Waals surface area contributed by atoms with Gasteiger partial charge in [0.05, 0.1) is 11.0 Å². The highest BCUT2D eigenvalue weighted by Gasteiger charge is 2.16. The van der Waals surface area contributed by atoms with Gasteiger partial charge in [0.15, 0.2) is 0 Å². The van der Waals surface area contributed by atoms with Gasteiger partial charge in [-0.15, -0.1) is 0 Å². The van der Waals surface area contributed by atoms with Crippen molar-refractivity contribution in [3.05, 3.63) is 77.9 Å². The third-order valence-corrected chi connectivity index (χ3v) is 6.23. The topological polar surface area (TPSA) is 66.4 Å². The van der Waals surface area contributed by atoms with Crippen LogP contribution in [0.3, 0.4) is 0 Å². The zero-order valence-electron chi connectivity index (χ0n) is 15.6. The van der Waals surface area contributed by atoms with Gasteiger partial charge in [-0.2, -0.15) is 0 Å². The number of nitrogens with one attached hydrogen (secondary N) is 1. The Morgan fingerprint density at radius 3 is 2.30 bits per heavy atom. The second-order valence-electron chi connectivity index (χ2n) is 6.99. The lowest BCUT2D eigenvalue weighted by atomic mass is 9.99. The van der Waals surface area contributed by atoms with E-state index in [4.69, 9.17) is 0 Å². The molecule has 0 spiro atoms. The van der Waals surface area contributed by atoms with Crippen LogP contribution in [0.1, 0.15) is 43.4 Å². The summed E-state index contributed by atoms with van der Waals surface area (Å²) >= 11 is 0. The SMILES string of the molecule is CC(C)c1ccc(S(=O)(=O)NCCC(O)c2cccc3ccccc23)cc1. The lowest BCUT2D eigenvalue weighted by Crippen LogP contribution is -2.26. The van der Waals surface area contributed by atoms with E-state index in [0.29, 0.717) is 12.3 Å². The fraction of sp³-hybridized carbons (Fsp3) is 0.273. The van der Waals surface area contributed by atoms with Crippen molar-refractivity contribution in [3.63, 3.8) is 0 Å². The standard InChI is InChI=1S/C22H25NO3S/c1-16(2)17-10-12-19(13-11-17)27(25,26)23-15-14-22(24)21-9-5-7-18-6-3-4-8-20(18)21/h3-13,16,22-24H,14-15H2,1-2H3. The van der Waals surface area contributed by atoms with Crippen LogP contribution in [-0.2, 0) is 10.0 Å². The predicted octanol–water partition coefficient (Wildman–Crippen LogP) is 4.37. The van der Waals surface area contributed by atoms with Gasteiger partial charge in [-0.1, -0.05) is 68.4 Å². The van der Waals surface area contributed by atoms with Crippen molar-refractivity contribution in [2.75, 3.05) is 6.54 Å². The largest absolute Gasteiger partial charge is 0.388 e. The molecule has 0 saturated carbocycles. The molecule has 0 aliphatic rings. The van der Waals surface area contributed by atoms with Gasteiger partial charge in [0.2, 0.25) is 10.0 Å². The molecule has 0 radical (unpaired) electrons. The van der Waals surface area contributed by atoms with Crippen LogP contribution >= 0.6 is 0 Å². The summed E-state index contributed by atoms with van der Waals surface area (Å²) in [6.07, 6.45) is -0.431. The average molecular weight is 384 g/mol. The monoisotopic (exact) mass is 383 g/mol. The second kappa shape index (κ2) is 8.21. The molecular formula is C22H25NO3S. The van der Waals surface area contributed by atoms with Gasteiger partial charge in [0, 0.05) is 6.54 Å². The summed E-state index contributed by atoms with van der Waals surface area (Å²) in [5, 5.41) is 12.6. The molecule has 0 aliphatic heterocycles. The van der Waals surface area contributed by atoms with E-state index in [0.717, 1.165) is 21.9 Å². The first-order chi connectivity index (χ1) is 12.9. The van der Waals surface area contributed by atoms with E-state index in [-0.39, 0.29) is 11.4 Å². The molecule has 142 valence electrons. The lowest BCUT2D eigenvalue weighted by Gasteiger charge is -2.14. The van der Waals surface area contributed by atoms with Crippen molar-refractivity contribution in [1.82, 2.24) is 4.72 Å². The zero-order chi connectivity index (χ0) is 19.4. The Hall–Kier alpha value is -2.21. The number of hydrogen-bond acceptors (Lipinski definition) is 3. The predicted molar refractivity (Wildman–Crippen MR) is 109 cm³/mol. The van der Waals surface area contributed by atoms with E-state index in [2.05, 4.69) is 18.6 Å². The van der Waals surface area contributed by atoms with Crippen LogP contribution in [-0.4, -0.2) is 20.1 Å². The minimum atomic E-state index is -3.58. The second-order valence-corrected chi connectivity index (χ2v) is 8.76. The van der Waals surface area contributed by atoms with Crippen LogP contribution < -0.4 is 4.72 Å². The fourth-order valence-electron chi connectivity index (χ4n) is 3.14. The molecule has 1 atom stereocenters. The van der Waals surface area contributed by atoms with E-state index in [1.54, 1.807) is 12.1 Å². The number of hydrogen-bond donors (Lipinski definition) is 2. The smallest absolute Gasteiger partial charge is 0.240 e. The summed E-state index contributed by atoms with van der Waals surface area (Å²) in [4.78, 5) is 0.242. The van der Waals surface area contributed by atoms with Gasteiger partial charge in [-0.3, -0.25) is 0 Å². The van der Waals surface area contributed by atoms with E-state index < -0.39 is 16.1 Å². The molecule has 3 aromatic carbocycles. The molecule has 0 heterocycles. The molecule has 27 heavy (non-hydrogen) atoms. The highest BCUT2D eigenvalue weighted by Crippen LogP contribution is 2.26. The summed E-state index contributed by atoms with van der Waals surface area (Å²) in [7, 11) is -3.58. The fourth-order valence-corrected chi connectivity index (χ4v) is 4.19. The zero-order valence-corrected chi connectivity index (χ0v) is 16.4. The maximum absolute atomic E-state index is 12.5. The minimum Gasteiger partial charge on any atom is -0.388 e. The molecule has 4 nitrogen and oxygen atoms in total. The first kappa shape index (κ1) is 19.5. The Morgan fingerprint density at radius 2 is 1.59 bits per heavy atom. The van der Waals surface area contributed by atoms with Crippen LogP contribution in [0, 0.1) is 0 Å². The highest BCUT2D eigenvalue weighted by molar-refractivity contribution is 7.89. The van der Waals surface area contributed by atoms with Gasteiger partial charge in [-0.25, -0.2) is 13.1 Å². The van der Waals surface area contributed by atoms with Crippen LogP contribution in [0.2, 0.25) is 0 Å². The highest BCUT2D eigenvalue weighted by atomic mass is 32.2. The summed E-state index contributed by atoms with van der Waals surface area (Å²) in [5.74, 6) is 0.352. The van der Waals surface area contributed by atoms with Crippen LogP contribution in [0.5, 0.6) is 0 Å². The van der Waals surface area contributed by atoms with Gasteiger partial charge in [-0.05, 0) is 46.4 Å². The van der Waals surface area contributed by atoms with Crippen molar-refractivity contribution in [3.8, 4) is 0 Å². The maximum Gasteiger partial charge on any atom is 0.240 e. The van der Waals surface area contributed by atoms with Crippen molar-refractivity contribution in [1.29, 1.82) is 0 Å². The first-order valence-corrected chi connectivity index (χ1v) is 10.6.